The van der Waals surface area contributed by atoms with Crippen molar-refractivity contribution in [3.8, 4) is 0 Å². The number of nitrogens with one attached hydrogen (secondary N) is 1. The average Bonchev–Trinajstić information content (AvgIpc) is 3.00. The number of amides is 3. The topological polar surface area (TPSA) is 78.7 Å². The lowest BCUT2D eigenvalue weighted by Gasteiger charge is -2.35. The molecule has 1 N–H and O–H groups in total. The number of anilines is 1. The van der Waals surface area contributed by atoms with Gasteiger partial charge in [0.1, 0.15) is 11.4 Å². The summed E-state index contributed by atoms with van der Waals surface area (Å²) < 4.78 is 5.21. The van der Waals surface area contributed by atoms with Crippen LogP contribution in [0.15, 0.2) is 4.52 Å². The highest BCUT2D eigenvalue weighted by atomic mass is 16.5. The summed E-state index contributed by atoms with van der Waals surface area (Å²) in [4.78, 5) is 28.3. The SMILES string of the molecule is CCc1onc(C)c1NC(=O)N1CCC[C@H]2C(=O)N(C)C[C@H]21. The number of fused-ring (bicyclic) bond motifs is 1. The number of hydrogen-bond acceptors (Lipinski definition) is 4. The highest BCUT2D eigenvalue weighted by molar-refractivity contribution is 5.92. The van der Waals surface area contributed by atoms with Crippen LogP contribution in [0.4, 0.5) is 10.5 Å². The van der Waals surface area contributed by atoms with Gasteiger partial charge in [-0.05, 0) is 19.8 Å². The Kier molecular flexibility index (Phi) is 3.80. The van der Waals surface area contributed by atoms with Crippen LogP contribution >= 0.6 is 0 Å². The van der Waals surface area contributed by atoms with Crippen LogP contribution in [0.2, 0.25) is 0 Å². The molecule has 1 aromatic rings. The van der Waals surface area contributed by atoms with Crippen LogP contribution in [0.25, 0.3) is 0 Å². The zero-order valence-corrected chi connectivity index (χ0v) is 13.3. The Bertz CT molecular complexity index is 598. The number of hydrogen-bond donors (Lipinski definition) is 1. The molecule has 0 radical (unpaired) electrons. The molecule has 0 aliphatic carbocycles. The van der Waals surface area contributed by atoms with Gasteiger partial charge in [-0.15, -0.1) is 0 Å². The number of aromatic nitrogens is 1. The Morgan fingerprint density at radius 2 is 2.27 bits per heavy atom. The third-order valence-corrected chi connectivity index (χ3v) is 4.68. The number of carbonyl (C=O) groups excluding carboxylic acids is 2. The molecule has 0 aromatic carbocycles. The molecular weight excluding hydrogens is 284 g/mol. The van der Waals surface area contributed by atoms with E-state index in [0.717, 1.165) is 12.8 Å². The number of rotatable bonds is 2. The minimum absolute atomic E-state index is 0.0310. The number of likely N-dealkylation sites (tertiary alicyclic amines) is 2. The first kappa shape index (κ1) is 14.9. The Labute approximate surface area is 129 Å². The zero-order chi connectivity index (χ0) is 15.9. The molecule has 2 saturated heterocycles. The molecule has 2 atom stereocenters. The average molecular weight is 306 g/mol. The second kappa shape index (κ2) is 5.62. The van der Waals surface area contributed by atoms with Crippen molar-refractivity contribution in [2.24, 2.45) is 5.92 Å². The van der Waals surface area contributed by atoms with Crippen molar-refractivity contribution in [3.63, 3.8) is 0 Å². The van der Waals surface area contributed by atoms with Gasteiger partial charge in [-0.25, -0.2) is 4.79 Å². The summed E-state index contributed by atoms with van der Waals surface area (Å²) in [7, 11) is 1.80. The van der Waals surface area contributed by atoms with Crippen molar-refractivity contribution in [1.82, 2.24) is 15.0 Å². The molecule has 3 heterocycles. The smallest absolute Gasteiger partial charge is 0.322 e. The molecule has 0 saturated carbocycles. The molecule has 22 heavy (non-hydrogen) atoms. The molecule has 2 fully saturated rings. The number of carbonyl (C=O) groups is 2. The third kappa shape index (κ3) is 2.34. The summed E-state index contributed by atoms with van der Waals surface area (Å²) in [5.74, 6) is 0.774. The fraction of sp³-hybridized carbons (Fsp3) is 0.667. The summed E-state index contributed by atoms with van der Waals surface area (Å²) in [5.41, 5.74) is 1.34. The lowest BCUT2D eigenvalue weighted by molar-refractivity contribution is -0.130. The van der Waals surface area contributed by atoms with Crippen molar-refractivity contribution >= 4 is 17.6 Å². The van der Waals surface area contributed by atoms with E-state index in [0.29, 0.717) is 36.7 Å². The summed E-state index contributed by atoms with van der Waals surface area (Å²) in [6, 6.07) is -0.199. The molecule has 0 spiro atoms. The number of piperidine rings is 1. The molecule has 3 amide bonds. The number of likely N-dealkylation sites (N-methyl/N-ethyl adjacent to an activating group) is 1. The van der Waals surface area contributed by atoms with Crippen molar-refractivity contribution in [2.45, 2.75) is 39.2 Å². The lowest BCUT2D eigenvalue weighted by Crippen LogP contribution is -2.50. The second-order valence-electron chi connectivity index (χ2n) is 6.08. The molecule has 1 aromatic heterocycles. The molecular formula is C15H22N4O3. The minimum atomic E-state index is -0.168. The molecule has 0 unspecified atom stereocenters. The lowest BCUT2D eigenvalue weighted by atomic mass is 9.92. The monoisotopic (exact) mass is 306 g/mol. The summed E-state index contributed by atoms with van der Waals surface area (Å²) in [6.45, 7) is 5.06. The summed E-state index contributed by atoms with van der Waals surface area (Å²) in [6.07, 6.45) is 2.39. The maximum absolute atomic E-state index is 12.7. The highest BCUT2D eigenvalue weighted by Crippen LogP contribution is 2.31. The van der Waals surface area contributed by atoms with Crippen LogP contribution in [0.3, 0.4) is 0 Å². The fourth-order valence-electron chi connectivity index (χ4n) is 3.47. The molecule has 0 bridgehead atoms. The van der Waals surface area contributed by atoms with Crippen LogP contribution in [-0.2, 0) is 11.2 Å². The van der Waals surface area contributed by atoms with E-state index in [-0.39, 0.29) is 23.9 Å². The van der Waals surface area contributed by atoms with E-state index in [9.17, 15) is 9.59 Å². The van der Waals surface area contributed by atoms with E-state index in [4.69, 9.17) is 4.52 Å². The maximum atomic E-state index is 12.7. The number of nitrogens with zero attached hydrogens (tertiary/aromatic N) is 3. The van der Waals surface area contributed by atoms with Crippen molar-refractivity contribution in [3.05, 3.63) is 11.5 Å². The Balaban J connectivity index is 1.77. The largest absolute Gasteiger partial charge is 0.359 e. The molecule has 7 heteroatoms. The molecule has 120 valence electrons. The predicted molar refractivity (Wildman–Crippen MR) is 80.5 cm³/mol. The van der Waals surface area contributed by atoms with E-state index in [1.807, 2.05) is 13.8 Å². The summed E-state index contributed by atoms with van der Waals surface area (Å²) in [5, 5.41) is 6.83. The normalized spacial score (nSPS) is 24.6. The molecule has 2 aliphatic heterocycles. The van der Waals surface area contributed by atoms with E-state index >= 15 is 0 Å². The standard InChI is InChI=1S/C15H22N4O3/c1-4-12-13(9(2)17-22-12)16-15(21)19-7-5-6-10-11(19)8-18(3)14(10)20/h10-11H,4-8H2,1-3H3,(H,16,21)/t10-,11-/m1/s1. The van der Waals surface area contributed by atoms with Crippen molar-refractivity contribution in [1.29, 1.82) is 0 Å². The maximum Gasteiger partial charge on any atom is 0.322 e. The second-order valence-corrected chi connectivity index (χ2v) is 6.08. The third-order valence-electron chi connectivity index (χ3n) is 4.68. The first-order chi connectivity index (χ1) is 10.5. The van der Waals surface area contributed by atoms with E-state index in [1.165, 1.54) is 0 Å². The van der Waals surface area contributed by atoms with Gasteiger partial charge in [0, 0.05) is 26.6 Å². The number of urea groups is 1. The Morgan fingerprint density at radius 3 is 3.00 bits per heavy atom. The van der Waals surface area contributed by atoms with Crippen molar-refractivity contribution < 1.29 is 14.1 Å². The van der Waals surface area contributed by atoms with Gasteiger partial charge in [-0.1, -0.05) is 12.1 Å². The first-order valence-corrected chi connectivity index (χ1v) is 7.80. The minimum Gasteiger partial charge on any atom is -0.359 e. The van der Waals surface area contributed by atoms with Gasteiger partial charge in [0.25, 0.3) is 0 Å². The van der Waals surface area contributed by atoms with Gasteiger partial charge in [-0.2, -0.15) is 0 Å². The van der Waals surface area contributed by atoms with Crippen LogP contribution in [0.5, 0.6) is 0 Å². The highest BCUT2D eigenvalue weighted by Gasteiger charge is 2.45. The van der Waals surface area contributed by atoms with Gasteiger partial charge < -0.3 is 19.6 Å². The van der Waals surface area contributed by atoms with Crippen LogP contribution in [0.1, 0.15) is 31.2 Å². The summed E-state index contributed by atoms with van der Waals surface area (Å²) >= 11 is 0. The van der Waals surface area contributed by atoms with Crippen LogP contribution in [-0.4, -0.2) is 53.1 Å². The Hall–Kier alpha value is -2.05. The van der Waals surface area contributed by atoms with Gasteiger partial charge in [-0.3, -0.25) is 4.79 Å². The molecule has 2 aliphatic rings. The van der Waals surface area contributed by atoms with Crippen molar-refractivity contribution in [2.75, 3.05) is 25.5 Å². The molecule has 7 nitrogen and oxygen atoms in total. The number of aryl methyl sites for hydroxylation is 2. The predicted octanol–water partition coefficient (Wildman–Crippen LogP) is 1.63. The van der Waals surface area contributed by atoms with E-state index < -0.39 is 0 Å². The van der Waals surface area contributed by atoms with Gasteiger partial charge in [0.15, 0.2) is 5.76 Å². The van der Waals surface area contributed by atoms with Gasteiger partial charge in [0.2, 0.25) is 5.91 Å². The molecule has 3 rings (SSSR count). The fourth-order valence-corrected chi connectivity index (χ4v) is 3.47. The van der Waals surface area contributed by atoms with Crippen LogP contribution < -0.4 is 5.32 Å². The zero-order valence-electron chi connectivity index (χ0n) is 13.3. The quantitative estimate of drug-likeness (QED) is 0.900. The van der Waals surface area contributed by atoms with E-state index in [2.05, 4.69) is 10.5 Å². The van der Waals surface area contributed by atoms with E-state index in [1.54, 1.807) is 16.8 Å². The van der Waals surface area contributed by atoms with Crippen LogP contribution in [0, 0.1) is 12.8 Å². The Morgan fingerprint density at radius 1 is 1.50 bits per heavy atom. The van der Waals surface area contributed by atoms with Gasteiger partial charge >= 0.3 is 6.03 Å². The first-order valence-electron chi connectivity index (χ1n) is 7.80. The van der Waals surface area contributed by atoms with Gasteiger partial charge in [0.05, 0.1) is 12.0 Å².